The Hall–Kier alpha value is -3.16. The summed E-state index contributed by atoms with van der Waals surface area (Å²) in [5.74, 6) is 2.12. The van der Waals surface area contributed by atoms with Crippen LogP contribution in [0.2, 0.25) is 0 Å². The van der Waals surface area contributed by atoms with Gasteiger partial charge in [0.1, 0.15) is 17.9 Å². The number of methoxy groups -OCH3 is 2. The quantitative estimate of drug-likeness (QED) is 0.481. The first kappa shape index (κ1) is 20.1. The van der Waals surface area contributed by atoms with Gasteiger partial charge in [0, 0.05) is 4.88 Å². The second kappa shape index (κ2) is 8.69. The fourth-order valence-corrected chi connectivity index (χ4v) is 4.63. The highest BCUT2D eigenvalue weighted by atomic mass is 32.1. The van der Waals surface area contributed by atoms with E-state index < -0.39 is 0 Å². The molecule has 30 heavy (non-hydrogen) atoms. The number of quaternary nitrogens is 1. The number of fused-ring (bicyclic) bond motifs is 1. The van der Waals surface area contributed by atoms with Crippen LogP contribution in [0.5, 0.6) is 11.5 Å². The van der Waals surface area contributed by atoms with Crippen LogP contribution in [0.25, 0.3) is 20.7 Å². The summed E-state index contributed by atoms with van der Waals surface area (Å²) < 4.78 is 10.9. The molecule has 2 aromatic carbocycles. The lowest BCUT2D eigenvalue weighted by atomic mass is 10.1. The van der Waals surface area contributed by atoms with Gasteiger partial charge in [-0.05, 0) is 23.8 Å². The highest BCUT2D eigenvalue weighted by molar-refractivity contribution is 7.21. The molecule has 0 aliphatic rings. The van der Waals surface area contributed by atoms with Crippen molar-refractivity contribution in [1.29, 1.82) is 0 Å². The summed E-state index contributed by atoms with van der Waals surface area (Å²) in [6, 6.07) is 17.8. The van der Waals surface area contributed by atoms with Crippen LogP contribution in [0.4, 0.5) is 0 Å². The van der Waals surface area contributed by atoms with E-state index in [1.807, 2.05) is 54.6 Å². The summed E-state index contributed by atoms with van der Waals surface area (Å²) in [5, 5.41) is 0.634. The SMILES string of the molecule is COc1cccc(C[NH+](C)Cc2nc3sc(-c4ccccc4)cc3c(=O)[nH]2)c1OC. The van der Waals surface area contributed by atoms with Gasteiger partial charge >= 0.3 is 0 Å². The third-order valence-corrected chi connectivity index (χ3v) is 6.03. The highest BCUT2D eigenvalue weighted by Crippen LogP contribution is 2.31. The Morgan fingerprint density at radius 3 is 2.57 bits per heavy atom. The molecule has 0 amide bonds. The number of aromatic nitrogens is 2. The van der Waals surface area contributed by atoms with E-state index in [4.69, 9.17) is 14.5 Å². The summed E-state index contributed by atoms with van der Waals surface area (Å²) >= 11 is 1.54. The van der Waals surface area contributed by atoms with E-state index in [1.165, 1.54) is 4.90 Å². The van der Waals surface area contributed by atoms with E-state index in [1.54, 1.807) is 25.6 Å². The van der Waals surface area contributed by atoms with Crippen molar-refractivity contribution in [2.75, 3.05) is 21.3 Å². The van der Waals surface area contributed by atoms with E-state index in [2.05, 4.69) is 12.0 Å². The van der Waals surface area contributed by atoms with Crippen LogP contribution in [0.3, 0.4) is 0 Å². The van der Waals surface area contributed by atoms with Gasteiger partial charge in [-0.25, -0.2) is 4.98 Å². The van der Waals surface area contributed by atoms with E-state index >= 15 is 0 Å². The largest absolute Gasteiger partial charge is 0.493 e. The van der Waals surface area contributed by atoms with E-state index in [9.17, 15) is 4.79 Å². The van der Waals surface area contributed by atoms with Crippen molar-refractivity contribution < 1.29 is 14.4 Å². The molecule has 1 atom stereocenters. The maximum atomic E-state index is 12.6. The Balaban J connectivity index is 1.58. The van der Waals surface area contributed by atoms with E-state index in [0.717, 1.165) is 26.6 Å². The normalized spacial score (nSPS) is 12.1. The molecule has 0 aliphatic heterocycles. The smallest absolute Gasteiger partial charge is 0.259 e. The summed E-state index contributed by atoms with van der Waals surface area (Å²) in [4.78, 5) is 23.3. The van der Waals surface area contributed by atoms with Crippen LogP contribution >= 0.6 is 11.3 Å². The predicted molar refractivity (Wildman–Crippen MR) is 120 cm³/mol. The fourth-order valence-electron chi connectivity index (χ4n) is 3.57. The lowest BCUT2D eigenvalue weighted by Crippen LogP contribution is -3.06. The first-order valence-corrected chi connectivity index (χ1v) is 10.5. The van der Waals surface area contributed by atoms with Gasteiger partial charge in [0.2, 0.25) is 0 Å². The monoisotopic (exact) mass is 422 g/mol. The lowest BCUT2D eigenvalue weighted by Gasteiger charge is -2.17. The molecule has 0 saturated heterocycles. The molecule has 0 aliphatic carbocycles. The molecule has 0 fully saturated rings. The number of aromatic amines is 1. The maximum Gasteiger partial charge on any atom is 0.259 e. The summed E-state index contributed by atoms with van der Waals surface area (Å²) in [7, 11) is 5.34. The minimum absolute atomic E-state index is 0.0970. The Labute approximate surface area is 178 Å². The van der Waals surface area contributed by atoms with Gasteiger partial charge in [0.25, 0.3) is 5.56 Å². The number of nitrogens with zero attached hydrogens (tertiary/aromatic N) is 1. The lowest BCUT2D eigenvalue weighted by molar-refractivity contribution is -0.908. The zero-order chi connectivity index (χ0) is 21.1. The number of hydrogen-bond donors (Lipinski definition) is 2. The third kappa shape index (κ3) is 4.08. The molecular weight excluding hydrogens is 398 g/mol. The third-order valence-electron chi connectivity index (χ3n) is 4.96. The zero-order valence-corrected chi connectivity index (χ0v) is 18.0. The Morgan fingerprint density at radius 1 is 1.03 bits per heavy atom. The number of ether oxygens (including phenoxy) is 2. The Kier molecular flexibility index (Phi) is 5.83. The molecule has 6 nitrogen and oxygen atoms in total. The number of rotatable bonds is 7. The van der Waals surface area contributed by atoms with Crippen molar-refractivity contribution >= 4 is 21.6 Å². The average molecular weight is 423 g/mol. The molecule has 2 N–H and O–H groups in total. The maximum absolute atomic E-state index is 12.6. The van der Waals surface area contributed by atoms with Crippen LogP contribution in [0, 0.1) is 0 Å². The number of para-hydroxylation sites is 1. The number of hydrogen-bond acceptors (Lipinski definition) is 5. The van der Waals surface area contributed by atoms with E-state index in [-0.39, 0.29) is 5.56 Å². The molecule has 4 aromatic rings. The number of benzene rings is 2. The van der Waals surface area contributed by atoms with Gasteiger partial charge in [0.05, 0.1) is 32.2 Å². The van der Waals surface area contributed by atoms with Crippen molar-refractivity contribution in [3.05, 3.63) is 76.3 Å². The topological polar surface area (TPSA) is 68.7 Å². The Bertz CT molecular complexity index is 1220. The van der Waals surface area contributed by atoms with Crippen LogP contribution in [0.1, 0.15) is 11.4 Å². The van der Waals surface area contributed by atoms with Gasteiger partial charge in [-0.1, -0.05) is 36.4 Å². The number of H-pyrrole nitrogens is 1. The van der Waals surface area contributed by atoms with Crippen LogP contribution in [0.15, 0.2) is 59.4 Å². The molecule has 154 valence electrons. The zero-order valence-electron chi connectivity index (χ0n) is 17.2. The molecule has 0 radical (unpaired) electrons. The van der Waals surface area contributed by atoms with Crippen molar-refractivity contribution in [3.8, 4) is 21.9 Å². The minimum atomic E-state index is -0.0970. The van der Waals surface area contributed by atoms with E-state index in [0.29, 0.717) is 30.0 Å². The fraction of sp³-hybridized carbons (Fsp3) is 0.217. The highest BCUT2D eigenvalue weighted by Gasteiger charge is 2.16. The summed E-state index contributed by atoms with van der Waals surface area (Å²) in [5.41, 5.74) is 2.04. The second-order valence-electron chi connectivity index (χ2n) is 7.17. The standard InChI is InChI=1S/C23H23N3O3S/c1-26(13-16-10-7-11-18(28-2)21(16)29-3)14-20-24-22(27)17-12-19(30-23(17)25-20)15-8-5-4-6-9-15/h4-12H,13-14H2,1-3H3,(H,24,25,27)/p+1. The molecular formula is C23H24N3O3S+. The molecule has 7 heteroatoms. The number of nitrogens with one attached hydrogen (secondary N) is 2. The molecule has 4 rings (SSSR count). The summed E-state index contributed by atoms with van der Waals surface area (Å²) in [6.07, 6.45) is 0. The van der Waals surface area contributed by atoms with Gasteiger partial charge in [0.15, 0.2) is 17.3 Å². The van der Waals surface area contributed by atoms with Crippen LogP contribution < -0.4 is 19.9 Å². The van der Waals surface area contributed by atoms with Gasteiger partial charge < -0.3 is 19.4 Å². The molecule has 0 bridgehead atoms. The number of thiophene rings is 1. The molecule has 0 saturated carbocycles. The average Bonchev–Trinajstić information content (AvgIpc) is 3.19. The Morgan fingerprint density at radius 2 is 1.83 bits per heavy atom. The van der Waals surface area contributed by atoms with Crippen molar-refractivity contribution in [3.63, 3.8) is 0 Å². The van der Waals surface area contributed by atoms with Gasteiger partial charge in [-0.15, -0.1) is 11.3 Å². The van der Waals surface area contributed by atoms with Gasteiger partial charge in [-0.3, -0.25) is 4.79 Å². The predicted octanol–water partition coefficient (Wildman–Crippen LogP) is 2.88. The molecule has 2 aromatic heterocycles. The van der Waals surface area contributed by atoms with Crippen LogP contribution in [-0.4, -0.2) is 31.2 Å². The first-order valence-electron chi connectivity index (χ1n) is 9.68. The van der Waals surface area contributed by atoms with Crippen LogP contribution in [-0.2, 0) is 13.1 Å². The molecule has 0 spiro atoms. The molecule has 1 unspecified atom stereocenters. The minimum Gasteiger partial charge on any atom is -0.493 e. The van der Waals surface area contributed by atoms with Crippen molar-refractivity contribution in [2.24, 2.45) is 0 Å². The van der Waals surface area contributed by atoms with Gasteiger partial charge in [-0.2, -0.15) is 0 Å². The summed E-state index contributed by atoms with van der Waals surface area (Å²) in [6.45, 7) is 1.30. The van der Waals surface area contributed by atoms with Crippen molar-refractivity contribution in [1.82, 2.24) is 9.97 Å². The molecule has 2 heterocycles. The van der Waals surface area contributed by atoms with Crippen molar-refractivity contribution in [2.45, 2.75) is 13.1 Å². The first-order chi connectivity index (χ1) is 14.6. The second-order valence-corrected chi connectivity index (χ2v) is 8.20.